The van der Waals surface area contributed by atoms with Crippen LogP contribution in [-0.2, 0) is 10.0 Å². The van der Waals surface area contributed by atoms with Gasteiger partial charge < -0.3 is 14.1 Å². The second-order valence-corrected chi connectivity index (χ2v) is 9.89. The SMILES string of the molecule is CCN(CC)CC.COc1ccc(F)cc1-c1ccc([C@@H](C)NS(=O)(=O)c2cc(C)oc2C)cc1. The highest BCUT2D eigenvalue weighted by atomic mass is 32.2. The number of benzene rings is 2. The maximum atomic E-state index is 13.6. The molecule has 8 heteroatoms. The van der Waals surface area contributed by atoms with E-state index in [1.807, 2.05) is 12.1 Å². The van der Waals surface area contributed by atoms with Crippen molar-refractivity contribution in [1.82, 2.24) is 9.62 Å². The summed E-state index contributed by atoms with van der Waals surface area (Å²) in [5.41, 5.74) is 2.18. The molecule has 0 radical (unpaired) electrons. The summed E-state index contributed by atoms with van der Waals surface area (Å²) in [5.74, 6) is 1.10. The Kier molecular flexibility index (Phi) is 10.5. The van der Waals surface area contributed by atoms with Crippen molar-refractivity contribution in [2.24, 2.45) is 0 Å². The van der Waals surface area contributed by atoms with Crippen molar-refractivity contribution in [3.63, 3.8) is 0 Å². The maximum Gasteiger partial charge on any atom is 0.244 e. The van der Waals surface area contributed by atoms with E-state index >= 15 is 0 Å². The summed E-state index contributed by atoms with van der Waals surface area (Å²) < 4.78 is 52.2. The van der Waals surface area contributed by atoms with Crippen LogP contribution in [0.4, 0.5) is 4.39 Å². The summed E-state index contributed by atoms with van der Waals surface area (Å²) >= 11 is 0. The van der Waals surface area contributed by atoms with Crippen molar-refractivity contribution in [2.45, 2.75) is 52.5 Å². The Hall–Kier alpha value is -2.68. The highest BCUT2D eigenvalue weighted by Crippen LogP contribution is 2.31. The van der Waals surface area contributed by atoms with Crippen LogP contribution in [0.25, 0.3) is 11.1 Å². The number of hydrogen-bond donors (Lipinski definition) is 1. The van der Waals surface area contributed by atoms with Crippen LogP contribution in [0.5, 0.6) is 5.75 Å². The van der Waals surface area contributed by atoms with E-state index in [4.69, 9.17) is 9.15 Å². The normalized spacial score (nSPS) is 12.3. The van der Waals surface area contributed by atoms with Crippen molar-refractivity contribution in [3.8, 4) is 16.9 Å². The Bertz CT molecular complexity index is 1180. The van der Waals surface area contributed by atoms with Gasteiger partial charge in [-0.2, -0.15) is 0 Å². The Labute approximate surface area is 209 Å². The summed E-state index contributed by atoms with van der Waals surface area (Å²) in [5, 5.41) is 0. The van der Waals surface area contributed by atoms with E-state index in [2.05, 4.69) is 30.4 Å². The van der Waals surface area contributed by atoms with E-state index in [9.17, 15) is 12.8 Å². The Morgan fingerprint density at radius 3 is 2.06 bits per heavy atom. The largest absolute Gasteiger partial charge is 0.496 e. The smallest absolute Gasteiger partial charge is 0.244 e. The summed E-state index contributed by atoms with van der Waals surface area (Å²) in [7, 11) is -2.18. The molecule has 1 aromatic heterocycles. The van der Waals surface area contributed by atoms with Crippen molar-refractivity contribution in [1.29, 1.82) is 0 Å². The fourth-order valence-electron chi connectivity index (χ4n) is 3.77. The minimum atomic E-state index is -3.71. The molecule has 0 aliphatic carbocycles. The van der Waals surface area contributed by atoms with E-state index in [1.54, 1.807) is 39.0 Å². The van der Waals surface area contributed by atoms with Crippen LogP contribution < -0.4 is 9.46 Å². The molecule has 0 fully saturated rings. The predicted molar refractivity (Wildman–Crippen MR) is 139 cm³/mol. The number of sulfonamides is 1. The van der Waals surface area contributed by atoms with Gasteiger partial charge in [0.2, 0.25) is 10.0 Å². The van der Waals surface area contributed by atoms with Gasteiger partial charge in [-0.1, -0.05) is 45.0 Å². The van der Waals surface area contributed by atoms with Crippen LogP contribution in [0.1, 0.15) is 50.8 Å². The highest BCUT2D eigenvalue weighted by Gasteiger charge is 2.23. The van der Waals surface area contributed by atoms with Gasteiger partial charge in [0, 0.05) is 11.6 Å². The van der Waals surface area contributed by atoms with Gasteiger partial charge in [0.05, 0.1) is 7.11 Å². The Balaban J connectivity index is 0.000000540. The van der Waals surface area contributed by atoms with Crippen molar-refractivity contribution in [3.05, 3.63) is 71.4 Å². The summed E-state index contributed by atoms with van der Waals surface area (Å²) in [6.07, 6.45) is 0. The highest BCUT2D eigenvalue weighted by molar-refractivity contribution is 7.89. The lowest BCUT2D eigenvalue weighted by molar-refractivity contribution is 0.321. The molecule has 0 saturated carbocycles. The van der Waals surface area contributed by atoms with Crippen LogP contribution in [-0.4, -0.2) is 40.1 Å². The number of nitrogens with zero attached hydrogens (tertiary/aromatic N) is 1. The third-order valence-electron chi connectivity index (χ3n) is 5.84. The first-order chi connectivity index (χ1) is 16.6. The molecule has 0 unspecified atom stereocenters. The lowest BCUT2D eigenvalue weighted by Crippen LogP contribution is -2.27. The molecule has 6 nitrogen and oxygen atoms in total. The molecule has 0 saturated heterocycles. The van der Waals surface area contributed by atoms with Gasteiger partial charge in [0.1, 0.15) is 28.0 Å². The molecule has 2 aromatic carbocycles. The average Bonchev–Trinajstić information content (AvgIpc) is 3.19. The average molecular weight is 505 g/mol. The monoisotopic (exact) mass is 504 g/mol. The molecule has 0 amide bonds. The Morgan fingerprint density at radius 2 is 1.60 bits per heavy atom. The van der Waals surface area contributed by atoms with E-state index in [1.165, 1.54) is 44.9 Å². The van der Waals surface area contributed by atoms with Gasteiger partial charge in [-0.25, -0.2) is 17.5 Å². The molecular formula is C27H37FN2O4S. The number of methoxy groups -OCH3 is 1. The lowest BCUT2D eigenvalue weighted by Gasteiger charge is -2.15. The lowest BCUT2D eigenvalue weighted by atomic mass is 10.0. The van der Waals surface area contributed by atoms with Crippen LogP contribution in [0.2, 0.25) is 0 Å². The van der Waals surface area contributed by atoms with Crippen LogP contribution >= 0.6 is 0 Å². The number of ether oxygens (including phenoxy) is 1. The molecule has 0 spiro atoms. The summed E-state index contributed by atoms with van der Waals surface area (Å²) in [4.78, 5) is 2.51. The first kappa shape index (κ1) is 28.6. The minimum absolute atomic E-state index is 0.137. The van der Waals surface area contributed by atoms with Gasteiger partial charge in [-0.05, 0) is 75.8 Å². The van der Waals surface area contributed by atoms with E-state index in [-0.39, 0.29) is 10.7 Å². The summed E-state index contributed by atoms with van der Waals surface area (Å²) in [6.45, 7) is 15.2. The Morgan fingerprint density at radius 1 is 1.00 bits per heavy atom. The van der Waals surface area contributed by atoms with Crippen molar-refractivity contribution in [2.75, 3.05) is 26.7 Å². The zero-order valence-electron chi connectivity index (χ0n) is 21.7. The number of nitrogens with one attached hydrogen (secondary N) is 1. The number of hydrogen-bond acceptors (Lipinski definition) is 5. The van der Waals surface area contributed by atoms with E-state index < -0.39 is 16.1 Å². The van der Waals surface area contributed by atoms with Gasteiger partial charge in [0.15, 0.2) is 0 Å². The molecular weight excluding hydrogens is 467 g/mol. The second-order valence-electron chi connectivity index (χ2n) is 8.21. The molecule has 0 aliphatic rings. The maximum absolute atomic E-state index is 13.6. The quantitative estimate of drug-likeness (QED) is 0.381. The number of aryl methyl sites for hydroxylation is 2. The molecule has 3 rings (SSSR count). The molecule has 3 aromatic rings. The fraction of sp³-hybridized carbons (Fsp3) is 0.407. The molecule has 0 aliphatic heterocycles. The first-order valence-corrected chi connectivity index (χ1v) is 13.3. The molecule has 0 bridgehead atoms. The zero-order chi connectivity index (χ0) is 26.2. The second kappa shape index (κ2) is 12.9. The van der Waals surface area contributed by atoms with Gasteiger partial charge >= 0.3 is 0 Å². The van der Waals surface area contributed by atoms with Crippen molar-refractivity contribution >= 4 is 10.0 Å². The van der Waals surface area contributed by atoms with Crippen LogP contribution in [0.15, 0.2) is 57.8 Å². The molecule has 1 N–H and O–H groups in total. The molecule has 1 atom stereocenters. The molecule has 1 heterocycles. The number of furan rings is 1. The first-order valence-electron chi connectivity index (χ1n) is 11.8. The topological polar surface area (TPSA) is 71.8 Å². The van der Waals surface area contributed by atoms with Gasteiger partial charge in [-0.3, -0.25) is 0 Å². The standard InChI is InChI=1S/C21H22FNO4S.C6H15N/c1-13-11-21(15(3)27-13)28(24,25)23-14(2)16-5-7-17(8-6-16)19-12-18(22)9-10-20(19)26-4;1-4-7(5-2)6-3/h5-12,14,23H,1-4H3;4-6H2,1-3H3/t14-;/m1./s1. The van der Waals surface area contributed by atoms with Crippen molar-refractivity contribution < 1.29 is 22.0 Å². The third-order valence-corrected chi connectivity index (χ3v) is 7.49. The van der Waals surface area contributed by atoms with Crippen LogP contribution in [0, 0.1) is 19.7 Å². The molecule has 192 valence electrons. The predicted octanol–water partition coefficient (Wildman–Crippen LogP) is 6.10. The fourth-order valence-corrected chi connectivity index (χ4v) is 5.24. The van der Waals surface area contributed by atoms with E-state index in [0.29, 0.717) is 22.8 Å². The zero-order valence-corrected chi connectivity index (χ0v) is 22.5. The van der Waals surface area contributed by atoms with Gasteiger partial charge in [-0.15, -0.1) is 0 Å². The molecule has 35 heavy (non-hydrogen) atoms. The van der Waals surface area contributed by atoms with E-state index in [0.717, 1.165) is 11.1 Å². The van der Waals surface area contributed by atoms with Crippen LogP contribution in [0.3, 0.4) is 0 Å². The summed E-state index contributed by atoms with van der Waals surface area (Å²) in [6, 6.07) is 12.6. The number of halogens is 1. The number of rotatable bonds is 9. The minimum Gasteiger partial charge on any atom is -0.496 e. The van der Waals surface area contributed by atoms with Gasteiger partial charge in [0.25, 0.3) is 0 Å². The third kappa shape index (κ3) is 7.65.